The monoisotopic (exact) mass is 347 g/mol. The van der Waals surface area contributed by atoms with E-state index in [4.69, 9.17) is 27.4 Å². The van der Waals surface area contributed by atoms with Gasteiger partial charge in [0.2, 0.25) is 0 Å². The fraction of sp³-hybridized carbons (Fsp3) is 0.412. The number of aliphatic hydroxyl groups is 1. The van der Waals surface area contributed by atoms with E-state index in [1.165, 1.54) is 0 Å². The zero-order valence-electron chi connectivity index (χ0n) is 13.9. The number of hydrogen-bond donors (Lipinski definition) is 2. The van der Waals surface area contributed by atoms with Crippen molar-refractivity contribution in [3.63, 3.8) is 0 Å². The van der Waals surface area contributed by atoms with Crippen LogP contribution in [0.4, 0.5) is 0 Å². The number of aliphatic hydroxyl groups excluding tert-OH is 1. The summed E-state index contributed by atoms with van der Waals surface area (Å²) in [4.78, 5) is 9.10. The molecule has 0 aliphatic heterocycles. The lowest BCUT2D eigenvalue weighted by Gasteiger charge is -2.13. The summed E-state index contributed by atoms with van der Waals surface area (Å²) in [7, 11) is 0. The molecule has 7 heteroatoms. The van der Waals surface area contributed by atoms with Crippen molar-refractivity contribution < 1.29 is 5.11 Å². The molecule has 128 valence electrons. The number of benzene rings is 1. The van der Waals surface area contributed by atoms with E-state index in [9.17, 15) is 0 Å². The fourth-order valence-electron chi connectivity index (χ4n) is 2.90. The molecule has 0 saturated heterocycles. The zero-order chi connectivity index (χ0) is 17.3. The molecule has 1 aromatic carbocycles. The molecular formula is C17H22ClN5O. The quantitative estimate of drug-likeness (QED) is 0.717. The van der Waals surface area contributed by atoms with Crippen molar-refractivity contribution in [3.05, 3.63) is 47.3 Å². The van der Waals surface area contributed by atoms with Crippen LogP contribution in [0.2, 0.25) is 5.02 Å². The van der Waals surface area contributed by atoms with Gasteiger partial charge in [-0.05, 0) is 32.0 Å². The summed E-state index contributed by atoms with van der Waals surface area (Å²) in [5.74, 6) is 0.956. The Labute approximate surface area is 145 Å². The molecule has 0 fully saturated rings. The molecule has 0 spiro atoms. The molecule has 0 bridgehead atoms. The zero-order valence-corrected chi connectivity index (χ0v) is 14.6. The Hall–Kier alpha value is -1.89. The molecule has 6 nitrogen and oxygen atoms in total. The van der Waals surface area contributed by atoms with Crippen LogP contribution in [0.1, 0.15) is 31.4 Å². The Balaban J connectivity index is 1.91. The predicted octanol–water partition coefficient (Wildman–Crippen LogP) is 2.38. The van der Waals surface area contributed by atoms with Gasteiger partial charge in [0.05, 0.1) is 36.2 Å². The SMILES string of the molecule is CC(C)n1c(Cn2cnc(C[C@H](N)CO)c2)nc2cc(Cl)ccc21. The van der Waals surface area contributed by atoms with Gasteiger partial charge in [0, 0.05) is 29.7 Å². The number of halogens is 1. The summed E-state index contributed by atoms with van der Waals surface area (Å²) in [5, 5.41) is 9.74. The number of hydrogen-bond acceptors (Lipinski definition) is 4. The van der Waals surface area contributed by atoms with Crippen molar-refractivity contribution in [3.8, 4) is 0 Å². The predicted molar refractivity (Wildman–Crippen MR) is 95.2 cm³/mol. The summed E-state index contributed by atoms with van der Waals surface area (Å²) in [6, 6.07) is 5.79. The van der Waals surface area contributed by atoms with E-state index in [0.29, 0.717) is 18.0 Å². The van der Waals surface area contributed by atoms with Crippen molar-refractivity contribution >= 4 is 22.6 Å². The molecule has 2 aromatic heterocycles. The van der Waals surface area contributed by atoms with Crippen molar-refractivity contribution in [2.75, 3.05) is 6.61 Å². The maximum atomic E-state index is 9.05. The van der Waals surface area contributed by atoms with E-state index in [-0.39, 0.29) is 18.7 Å². The second-order valence-electron chi connectivity index (χ2n) is 6.31. The largest absolute Gasteiger partial charge is 0.395 e. The normalized spacial score (nSPS) is 13.1. The van der Waals surface area contributed by atoms with Crippen LogP contribution in [-0.4, -0.2) is 36.9 Å². The molecule has 3 aromatic rings. The summed E-state index contributed by atoms with van der Waals surface area (Å²) in [5.41, 5.74) is 8.61. The Morgan fingerprint density at radius 3 is 2.83 bits per heavy atom. The van der Waals surface area contributed by atoms with Crippen LogP contribution in [0.5, 0.6) is 0 Å². The second kappa shape index (κ2) is 6.93. The Morgan fingerprint density at radius 1 is 1.33 bits per heavy atom. The molecule has 24 heavy (non-hydrogen) atoms. The van der Waals surface area contributed by atoms with Crippen LogP contribution in [0.3, 0.4) is 0 Å². The van der Waals surface area contributed by atoms with Gasteiger partial charge in [-0.1, -0.05) is 11.6 Å². The lowest BCUT2D eigenvalue weighted by Crippen LogP contribution is -2.26. The van der Waals surface area contributed by atoms with Crippen molar-refractivity contribution in [2.24, 2.45) is 5.73 Å². The Kier molecular flexibility index (Phi) is 4.89. The molecule has 3 N–H and O–H groups in total. The number of fused-ring (bicyclic) bond motifs is 1. The number of rotatable bonds is 6. The van der Waals surface area contributed by atoms with Gasteiger partial charge in [-0.25, -0.2) is 9.97 Å². The van der Waals surface area contributed by atoms with Gasteiger partial charge < -0.3 is 20.0 Å². The van der Waals surface area contributed by atoms with Gasteiger partial charge in [0.25, 0.3) is 0 Å². The van der Waals surface area contributed by atoms with Crippen molar-refractivity contribution in [2.45, 2.75) is 38.9 Å². The first kappa shape index (κ1) is 17.0. The lowest BCUT2D eigenvalue weighted by molar-refractivity contribution is 0.264. The molecule has 2 heterocycles. The summed E-state index contributed by atoms with van der Waals surface area (Å²) in [6.45, 7) is 4.85. The highest BCUT2D eigenvalue weighted by Gasteiger charge is 2.14. The third-order valence-corrected chi connectivity index (χ3v) is 4.19. The second-order valence-corrected chi connectivity index (χ2v) is 6.75. The highest BCUT2D eigenvalue weighted by Crippen LogP contribution is 2.24. The van der Waals surface area contributed by atoms with Crippen LogP contribution in [0, 0.1) is 0 Å². The number of aromatic nitrogens is 4. The smallest absolute Gasteiger partial charge is 0.130 e. The summed E-state index contributed by atoms with van der Waals surface area (Å²) in [6.07, 6.45) is 4.28. The average Bonchev–Trinajstić information content (AvgIpc) is 3.10. The Morgan fingerprint density at radius 2 is 2.12 bits per heavy atom. The van der Waals surface area contributed by atoms with Crippen LogP contribution >= 0.6 is 11.6 Å². The lowest BCUT2D eigenvalue weighted by atomic mass is 10.2. The first-order valence-corrected chi connectivity index (χ1v) is 8.39. The van der Waals surface area contributed by atoms with Crippen LogP contribution in [0.25, 0.3) is 11.0 Å². The maximum Gasteiger partial charge on any atom is 0.130 e. The van der Waals surface area contributed by atoms with Crippen LogP contribution in [0.15, 0.2) is 30.7 Å². The minimum absolute atomic E-state index is 0.0449. The van der Waals surface area contributed by atoms with Gasteiger partial charge >= 0.3 is 0 Å². The van der Waals surface area contributed by atoms with Gasteiger partial charge in [-0.2, -0.15) is 0 Å². The van der Waals surface area contributed by atoms with E-state index in [1.54, 1.807) is 6.33 Å². The topological polar surface area (TPSA) is 81.9 Å². The average molecular weight is 348 g/mol. The molecular weight excluding hydrogens is 326 g/mol. The first-order chi connectivity index (χ1) is 11.5. The first-order valence-electron chi connectivity index (χ1n) is 8.01. The summed E-state index contributed by atoms with van der Waals surface area (Å²) >= 11 is 6.09. The van der Waals surface area contributed by atoms with E-state index in [1.807, 2.05) is 29.0 Å². The third kappa shape index (κ3) is 3.45. The highest BCUT2D eigenvalue weighted by molar-refractivity contribution is 6.31. The van der Waals surface area contributed by atoms with Crippen LogP contribution < -0.4 is 5.73 Å². The van der Waals surface area contributed by atoms with Crippen LogP contribution in [-0.2, 0) is 13.0 Å². The number of nitrogens with zero attached hydrogens (tertiary/aromatic N) is 4. The van der Waals surface area contributed by atoms with Gasteiger partial charge in [-0.3, -0.25) is 0 Å². The Bertz CT molecular complexity index is 839. The minimum Gasteiger partial charge on any atom is -0.395 e. The van der Waals surface area contributed by atoms with E-state index in [2.05, 4.69) is 23.4 Å². The molecule has 0 amide bonds. The third-order valence-electron chi connectivity index (χ3n) is 3.96. The fourth-order valence-corrected chi connectivity index (χ4v) is 3.07. The van der Waals surface area contributed by atoms with Crippen molar-refractivity contribution in [1.29, 1.82) is 0 Å². The maximum absolute atomic E-state index is 9.05. The molecule has 0 saturated carbocycles. The standard InChI is InChI=1S/C17H22ClN5O/c1-11(2)23-16-4-3-12(18)5-15(16)21-17(23)8-22-7-14(20-10-22)6-13(19)9-24/h3-5,7,10-11,13,24H,6,8-9,19H2,1-2H3/t13-/m0/s1. The van der Waals surface area contributed by atoms with Gasteiger partial charge in [-0.15, -0.1) is 0 Å². The summed E-state index contributed by atoms with van der Waals surface area (Å²) < 4.78 is 4.20. The van der Waals surface area contributed by atoms with Gasteiger partial charge in [0.1, 0.15) is 5.82 Å². The van der Waals surface area contributed by atoms with E-state index < -0.39 is 0 Å². The van der Waals surface area contributed by atoms with E-state index in [0.717, 1.165) is 22.6 Å². The molecule has 3 rings (SSSR count). The highest BCUT2D eigenvalue weighted by atomic mass is 35.5. The molecule has 0 unspecified atom stereocenters. The van der Waals surface area contributed by atoms with Gasteiger partial charge in [0.15, 0.2) is 0 Å². The number of nitrogens with two attached hydrogens (primary N) is 1. The molecule has 0 radical (unpaired) electrons. The minimum atomic E-state index is -0.282. The van der Waals surface area contributed by atoms with E-state index >= 15 is 0 Å². The molecule has 0 aliphatic carbocycles. The molecule has 1 atom stereocenters. The van der Waals surface area contributed by atoms with Crippen molar-refractivity contribution in [1.82, 2.24) is 19.1 Å². The number of imidazole rings is 2. The molecule has 0 aliphatic rings.